The number of benzene rings is 2. The van der Waals surface area contributed by atoms with Crippen LogP contribution in [0.25, 0.3) is 0 Å². The predicted molar refractivity (Wildman–Crippen MR) is 113 cm³/mol. The molecule has 0 aliphatic heterocycles. The van der Waals surface area contributed by atoms with Crippen LogP contribution < -0.4 is 4.90 Å². The molecule has 2 unspecified atom stereocenters. The van der Waals surface area contributed by atoms with E-state index < -0.39 is 24.0 Å². The van der Waals surface area contributed by atoms with Gasteiger partial charge in [0.2, 0.25) is 0 Å². The molecule has 1 aliphatic rings. The van der Waals surface area contributed by atoms with Crippen molar-refractivity contribution in [2.24, 2.45) is 11.8 Å². The lowest BCUT2D eigenvalue weighted by Gasteiger charge is -2.44. The number of aromatic hydroxyl groups is 2. The molecule has 29 heavy (non-hydrogen) atoms. The maximum atomic E-state index is 12.8. The number of rotatable bonds is 7. The molecule has 2 radical (unpaired) electrons. The van der Waals surface area contributed by atoms with Crippen LogP contribution in [0.5, 0.6) is 11.5 Å². The normalized spacial score (nSPS) is 24.0. The monoisotopic (exact) mass is 397 g/mol. The first-order valence-electron chi connectivity index (χ1n) is 10.4. The van der Waals surface area contributed by atoms with E-state index in [-0.39, 0.29) is 17.1 Å². The van der Waals surface area contributed by atoms with Gasteiger partial charge in [0.15, 0.2) is 0 Å². The van der Waals surface area contributed by atoms with Gasteiger partial charge in [0.1, 0.15) is 23.7 Å². The standard InChI is InChI=1S/C24H31NO4/c1-14(2)12-25(13-15(3)4)17-10-18(26)21(19(27)11-17)22-23(28)20(24(22)29)16-8-6-5-7-9-16/h5-11,14-15,20,22-24,26-27H,12-13H2,1-4H3. The van der Waals surface area contributed by atoms with Crippen molar-refractivity contribution < 1.29 is 20.4 Å². The lowest BCUT2D eigenvalue weighted by atomic mass is 9.63. The Balaban J connectivity index is 1.88. The summed E-state index contributed by atoms with van der Waals surface area (Å²) in [4.78, 5) is 2.12. The Labute approximate surface area is 173 Å². The van der Waals surface area contributed by atoms with E-state index in [4.69, 9.17) is 0 Å². The molecule has 0 saturated heterocycles. The molecule has 1 aliphatic carbocycles. The Hall–Kier alpha value is -2.24. The number of hydrogen-bond donors (Lipinski definition) is 2. The first-order chi connectivity index (χ1) is 13.7. The molecular weight excluding hydrogens is 366 g/mol. The van der Waals surface area contributed by atoms with Crippen molar-refractivity contribution in [2.45, 2.75) is 51.7 Å². The summed E-state index contributed by atoms with van der Waals surface area (Å²) in [5.74, 6) is -1.12. The molecule has 5 heteroatoms. The smallest absolute Gasteiger partial charge is 0.125 e. The van der Waals surface area contributed by atoms with Crippen LogP contribution in [0.1, 0.15) is 50.7 Å². The molecule has 1 fully saturated rings. The van der Waals surface area contributed by atoms with Crippen LogP contribution in [0.2, 0.25) is 0 Å². The number of anilines is 1. The molecule has 0 spiro atoms. The molecule has 0 amide bonds. The van der Waals surface area contributed by atoms with E-state index in [1.165, 1.54) is 0 Å². The molecule has 0 bridgehead atoms. The van der Waals surface area contributed by atoms with Gasteiger partial charge >= 0.3 is 0 Å². The fourth-order valence-electron chi connectivity index (χ4n) is 4.36. The highest BCUT2D eigenvalue weighted by molar-refractivity contribution is 5.61. The number of nitrogens with zero attached hydrogens (tertiary/aromatic N) is 1. The van der Waals surface area contributed by atoms with Gasteiger partial charge in [-0.25, -0.2) is 10.2 Å². The van der Waals surface area contributed by atoms with Gasteiger partial charge in [-0.2, -0.15) is 0 Å². The molecule has 2 atom stereocenters. The summed E-state index contributed by atoms with van der Waals surface area (Å²) in [7, 11) is 0. The maximum absolute atomic E-state index is 12.8. The van der Waals surface area contributed by atoms with E-state index in [1.54, 1.807) is 24.3 Å². The summed E-state index contributed by atoms with van der Waals surface area (Å²) in [6, 6.07) is 12.2. The average Bonchev–Trinajstić information content (AvgIpc) is 2.64. The molecule has 5 nitrogen and oxygen atoms in total. The molecule has 1 saturated carbocycles. The summed E-state index contributed by atoms with van der Waals surface area (Å²) < 4.78 is 0. The minimum absolute atomic E-state index is 0.0926. The van der Waals surface area contributed by atoms with Gasteiger partial charge in [-0.3, -0.25) is 0 Å². The molecule has 0 heterocycles. The summed E-state index contributed by atoms with van der Waals surface area (Å²) in [5, 5.41) is 47.0. The fourth-order valence-corrected chi connectivity index (χ4v) is 4.36. The van der Waals surface area contributed by atoms with Crippen LogP contribution in [0.15, 0.2) is 42.5 Å². The highest BCUT2D eigenvalue weighted by Crippen LogP contribution is 2.53. The summed E-state index contributed by atoms with van der Waals surface area (Å²) in [5.41, 5.74) is 1.52. The molecule has 2 N–H and O–H groups in total. The minimum Gasteiger partial charge on any atom is -0.507 e. The van der Waals surface area contributed by atoms with Crippen molar-refractivity contribution in [1.82, 2.24) is 0 Å². The van der Waals surface area contributed by atoms with Crippen LogP contribution in [-0.2, 0) is 10.2 Å². The molecule has 2 aromatic rings. The van der Waals surface area contributed by atoms with Gasteiger partial charge in [0.25, 0.3) is 0 Å². The van der Waals surface area contributed by atoms with E-state index in [0.29, 0.717) is 17.5 Å². The van der Waals surface area contributed by atoms with Crippen LogP contribution in [0.3, 0.4) is 0 Å². The third kappa shape index (κ3) is 4.36. The van der Waals surface area contributed by atoms with Crippen molar-refractivity contribution >= 4 is 5.69 Å². The Kier molecular flexibility index (Phi) is 6.39. The molecule has 0 aromatic heterocycles. The molecule has 156 valence electrons. The first kappa shape index (κ1) is 21.5. The van der Waals surface area contributed by atoms with Crippen molar-refractivity contribution in [1.29, 1.82) is 0 Å². The highest BCUT2D eigenvalue weighted by Gasteiger charge is 2.54. The summed E-state index contributed by atoms with van der Waals surface area (Å²) in [6.45, 7) is 10.0. The van der Waals surface area contributed by atoms with Crippen LogP contribution >= 0.6 is 0 Å². The fraction of sp³-hybridized carbons (Fsp3) is 0.500. The van der Waals surface area contributed by atoms with E-state index >= 15 is 0 Å². The van der Waals surface area contributed by atoms with Crippen molar-refractivity contribution in [2.75, 3.05) is 18.0 Å². The predicted octanol–water partition coefficient (Wildman–Crippen LogP) is 4.70. The third-order valence-electron chi connectivity index (χ3n) is 5.59. The first-order valence-corrected chi connectivity index (χ1v) is 10.4. The summed E-state index contributed by atoms with van der Waals surface area (Å²) >= 11 is 0. The lowest BCUT2D eigenvalue weighted by Crippen LogP contribution is -2.50. The maximum Gasteiger partial charge on any atom is 0.125 e. The zero-order valence-corrected chi connectivity index (χ0v) is 17.6. The van der Waals surface area contributed by atoms with Gasteiger partial charge in [-0.1, -0.05) is 58.0 Å². The highest BCUT2D eigenvalue weighted by atomic mass is 16.3. The zero-order chi connectivity index (χ0) is 21.3. The number of phenolic OH excluding ortho intramolecular Hbond substituents is 2. The van der Waals surface area contributed by atoms with Crippen LogP contribution in [0.4, 0.5) is 5.69 Å². The SMILES string of the molecule is CC(C)CN(CC(C)C)c1cc(O)c(C2C([O])C(c3ccccc3)C2[O])c(O)c1. The molecule has 3 rings (SSSR count). The second-order valence-corrected chi connectivity index (χ2v) is 8.98. The van der Waals surface area contributed by atoms with E-state index in [1.807, 2.05) is 18.2 Å². The van der Waals surface area contributed by atoms with Crippen molar-refractivity contribution in [3.05, 3.63) is 53.6 Å². The van der Waals surface area contributed by atoms with E-state index in [0.717, 1.165) is 18.7 Å². The number of hydrogen-bond acceptors (Lipinski definition) is 3. The quantitative estimate of drug-likeness (QED) is 0.710. The second kappa shape index (κ2) is 8.64. The topological polar surface area (TPSA) is 83.5 Å². The Morgan fingerprint density at radius 3 is 1.76 bits per heavy atom. The lowest BCUT2D eigenvalue weighted by molar-refractivity contribution is -0.138. The largest absolute Gasteiger partial charge is 0.507 e. The minimum atomic E-state index is -1.19. The van der Waals surface area contributed by atoms with Crippen molar-refractivity contribution in [3.63, 3.8) is 0 Å². The Bertz CT molecular complexity index is 778. The van der Waals surface area contributed by atoms with Gasteiger partial charge in [0, 0.05) is 42.4 Å². The van der Waals surface area contributed by atoms with E-state index in [9.17, 15) is 20.4 Å². The van der Waals surface area contributed by atoms with Crippen LogP contribution in [-0.4, -0.2) is 35.5 Å². The average molecular weight is 398 g/mol. The van der Waals surface area contributed by atoms with E-state index in [2.05, 4.69) is 32.6 Å². The van der Waals surface area contributed by atoms with Gasteiger partial charge in [0.05, 0.1) is 5.92 Å². The summed E-state index contributed by atoms with van der Waals surface area (Å²) in [6.07, 6.45) is -2.38. The zero-order valence-electron chi connectivity index (χ0n) is 17.6. The Morgan fingerprint density at radius 2 is 1.31 bits per heavy atom. The van der Waals surface area contributed by atoms with Crippen molar-refractivity contribution in [3.8, 4) is 11.5 Å². The second-order valence-electron chi connectivity index (χ2n) is 8.98. The van der Waals surface area contributed by atoms with Gasteiger partial charge in [-0.05, 0) is 17.4 Å². The Morgan fingerprint density at radius 1 is 0.828 bits per heavy atom. The third-order valence-corrected chi connectivity index (χ3v) is 5.59. The van der Waals surface area contributed by atoms with Gasteiger partial charge in [-0.15, -0.1) is 0 Å². The molecular formula is C24H31NO4. The van der Waals surface area contributed by atoms with Gasteiger partial charge < -0.3 is 15.1 Å². The molecule has 2 aromatic carbocycles. The van der Waals surface area contributed by atoms with Crippen LogP contribution in [0, 0.1) is 11.8 Å². The number of phenols is 2.